The first-order chi connectivity index (χ1) is 12.1. The average Bonchev–Trinajstić information content (AvgIpc) is 3.35. The van der Waals surface area contributed by atoms with Gasteiger partial charge in [-0.1, -0.05) is 12.8 Å². The van der Waals surface area contributed by atoms with E-state index in [1.54, 1.807) is 0 Å². The van der Waals surface area contributed by atoms with Gasteiger partial charge in [0.1, 0.15) is 0 Å². The van der Waals surface area contributed by atoms with E-state index >= 15 is 0 Å². The molecule has 6 atom stereocenters. The molecule has 140 valence electrons. The summed E-state index contributed by atoms with van der Waals surface area (Å²) in [6, 6.07) is 0. The highest BCUT2D eigenvalue weighted by Gasteiger charge is 2.42. The molecule has 5 nitrogen and oxygen atoms in total. The van der Waals surface area contributed by atoms with Crippen molar-refractivity contribution >= 4 is 11.9 Å². The highest BCUT2D eigenvalue weighted by molar-refractivity contribution is 5.71. The van der Waals surface area contributed by atoms with E-state index in [4.69, 9.17) is 14.2 Å². The smallest absolute Gasteiger partial charge is 0.364 e. The summed E-state index contributed by atoms with van der Waals surface area (Å²) in [4.78, 5) is 24.4. The number of ether oxygens (including phenoxy) is 3. The summed E-state index contributed by atoms with van der Waals surface area (Å²) >= 11 is 0. The van der Waals surface area contributed by atoms with E-state index in [1.165, 1.54) is 45.6 Å². The van der Waals surface area contributed by atoms with Crippen LogP contribution in [0.3, 0.4) is 0 Å². The third-order valence-electron chi connectivity index (χ3n) is 7.27. The molecule has 0 saturated heterocycles. The zero-order valence-corrected chi connectivity index (χ0v) is 15.2. The highest BCUT2D eigenvalue weighted by atomic mass is 16.9. The first-order valence-electron chi connectivity index (χ1n) is 10.0. The predicted molar refractivity (Wildman–Crippen MR) is 90.1 cm³/mol. The van der Waals surface area contributed by atoms with E-state index < -0.39 is 6.48 Å². The number of carbonyl (C=O) groups is 2. The summed E-state index contributed by atoms with van der Waals surface area (Å²) in [5.41, 5.74) is 0. The number of fused-ring (bicyclic) bond motifs is 4. The van der Waals surface area contributed by atoms with Crippen molar-refractivity contribution in [2.45, 2.75) is 70.7 Å². The Balaban J connectivity index is 1.20. The molecule has 0 aromatic heterocycles. The molecular formula is C20H30O5. The van der Waals surface area contributed by atoms with Crippen molar-refractivity contribution in [3.8, 4) is 0 Å². The second-order valence-corrected chi connectivity index (χ2v) is 8.78. The van der Waals surface area contributed by atoms with E-state index in [9.17, 15) is 9.59 Å². The average molecular weight is 350 g/mol. The predicted octanol–water partition coefficient (Wildman–Crippen LogP) is 3.66. The van der Waals surface area contributed by atoms with Crippen LogP contribution in [0, 0.1) is 35.5 Å². The Morgan fingerprint density at radius 3 is 1.60 bits per heavy atom. The number of rotatable bonds is 7. The first-order valence-corrected chi connectivity index (χ1v) is 10.0. The maximum absolute atomic E-state index is 12.2. The molecule has 4 saturated carbocycles. The van der Waals surface area contributed by atoms with Gasteiger partial charge in [-0.2, -0.15) is 0 Å². The standard InChI is InChI=1S/C20H30O5/c1-23-20(24-18(21)10-16-8-12-2-4-14(16)6-12)25-19(22)11-17-9-13-3-5-15(17)7-13/h12-17,20H,2-11H2,1H3. The molecule has 0 amide bonds. The molecule has 4 fully saturated rings. The van der Waals surface area contributed by atoms with Crippen LogP contribution >= 0.6 is 0 Å². The van der Waals surface area contributed by atoms with Crippen LogP contribution in [0.5, 0.6) is 0 Å². The summed E-state index contributed by atoms with van der Waals surface area (Å²) < 4.78 is 15.6. The van der Waals surface area contributed by atoms with Gasteiger partial charge in [0.05, 0.1) is 0 Å². The molecule has 5 heteroatoms. The summed E-state index contributed by atoms with van der Waals surface area (Å²) in [6.45, 7) is -1.20. The van der Waals surface area contributed by atoms with E-state index in [1.807, 2.05) is 0 Å². The Morgan fingerprint density at radius 1 is 0.800 bits per heavy atom. The molecule has 25 heavy (non-hydrogen) atoms. The van der Waals surface area contributed by atoms with Crippen LogP contribution in [0.1, 0.15) is 64.2 Å². The molecule has 4 rings (SSSR count). The first kappa shape index (κ1) is 17.3. The minimum Gasteiger partial charge on any atom is -0.400 e. The lowest BCUT2D eigenvalue weighted by Crippen LogP contribution is -2.29. The number of carbonyl (C=O) groups excluding carboxylic acids is 2. The highest BCUT2D eigenvalue weighted by Crippen LogP contribution is 2.50. The second kappa shape index (κ2) is 7.26. The van der Waals surface area contributed by atoms with Crippen molar-refractivity contribution in [1.29, 1.82) is 0 Å². The van der Waals surface area contributed by atoms with Crippen molar-refractivity contribution in [1.82, 2.24) is 0 Å². The summed E-state index contributed by atoms with van der Waals surface area (Å²) in [6.07, 6.45) is 10.8. The molecule has 0 aromatic carbocycles. The van der Waals surface area contributed by atoms with Gasteiger partial charge in [-0.25, -0.2) is 0 Å². The lowest BCUT2D eigenvalue weighted by molar-refractivity contribution is -0.258. The van der Waals surface area contributed by atoms with Gasteiger partial charge in [-0.15, -0.1) is 0 Å². The third-order valence-corrected chi connectivity index (χ3v) is 7.27. The molecule has 0 spiro atoms. The van der Waals surface area contributed by atoms with Gasteiger partial charge >= 0.3 is 18.4 Å². The molecule has 0 heterocycles. The van der Waals surface area contributed by atoms with Crippen LogP contribution in [0.4, 0.5) is 0 Å². The molecule has 0 N–H and O–H groups in total. The molecular weight excluding hydrogens is 320 g/mol. The van der Waals surface area contributed by atoms with Crippen molar-refractivity contribution in [2.75, 3.05) is 7.11 Å². The summed E-state index contributed by atoms with van der Waals surface area (Å²) in [7, 11) is 1.40. The Morgan fingerprint density at radius 2 is 1.28 bits per heavy atom. The van der Waals surface area contributed by atoms with E-state index in [0.717, 1.165) is 24.7 Å². The number of hydrogen-bond acceptors (Lipinski definition) is 5. The minimum atomic E-state index is -1.20. The second-order valence-electron chi connectivity index (χ2n) is 8.78. The van der Waals surface area contributed by atoms with Gasteiger partial charge in [0.15, 0.2) is 0 Å². The SMILES string of the molecule is COC(OC(=O)CC1CC2CCC1C2)OC(=O)CC1CC2CCC1C2. The van der Waals surface area contributed by atoms with E-state index in [2.05, 4.69) is 0 Å². The lowest BCUT2D eigenvalue weighted by atomic mass is 9.86. The third kappa shape index (κ3) is 3.86. The fraction of sp³-hybridized carbons (Fsp3) is 0.900. The van der Waals surface area contributed by atoms with Gasteiger partial charge in [0.25, 0.3) is 0 Å². The Labute approximate surface area is 149 Å². The molecule has 4 aliphatic rings. The van der Waals surface area contributed by atoms with Crippen molar-refractivity contribution < 1.29 is 23.8 Å². The molecule has 6 unspecified atom stereocenters. The zero-order chi connectivity index (χ0) is 17.4. The Hall–Kier alpha value is -1.10. The largest absolute Gasteiger partial charge is 0.400 e. The van der Waals surface area contributed by atoms with Gasteiger partial charge in [-0.3, -0.25) is 9.59 Å². The number of esters is 2. The zero-order valence-electron chi connectivity index (χ0n) is 15.2. The quantitative estimate of drug-likeness (QED) is 0.518. The number of hydrogen-bond donors (Lipinski definition) is 0. The fourth-order valence-corrected chi connectivity index (χ4v) is 6.11. The van der Waals surface area contributed by atoms with Crippen LogP contribution < -0.4 is 0 Å². The normalized spacial score (nSPS) is 39.6. The Bertz CT molecular complexity index is 474. The summed E-state index contributed by atoms with van der Waals surface area (Å²) in [5.74, 6) is 3.23. The van der Waals surface area contributed by atoms with Gasteiger partial charge in [-0.05, 0) is 74.0 Å². The van der Waals surface area contributed by atoms with Gasteiger partial charge in [0, 0.05) is 20.0 Å². The monoisotopic (exact) mass is 350 g/mol. The van der Waals surface area contributed by atoms with Crippen LogP contribution in [-0.2, 0) is 23.8 Å². The minimum absolute atomic E-state index is 0.308. The molecule has 0 radical (unpaired) electrons. The van der Waals surface area contributed by atoms with E-state index in [0.29, 0.717) is 36.5 Å². The maximum atomic E-state index is 12.2. The van der Waals surface area contributed by atoms with Gasteiger partial charge in [0.2, 0.25) is 0 Å². The number of methoxy groups -OCH3 is 1. The van der Waals surface area contributed by atoms with Crippen molar-refractivity contribution in [2.24, 2.45) is 35.5 Å². The Kier molecular flexibility index (Phi) is 5.03. The molecule has 4 bridgehead atoms. The van der Waals surface area contributed by atoms with Crippen molar-refractivity contribution in [3.05, 3.63) is 0 Å². The van der Waals surface area contributed by atoms with Crippen LogP contribution in [0.2, 0.25) is 0 Å². The molecule has 0 aromatic rings. The van der Waals surface area contributed by atoms with Crippen LogP contribution in [-0.4, -0.2) is 25.5 Å². The van der Waals surface area contributed by atoms with Crippen LogP contribution in [0.25, 0.3) is 0 Å². The lowest BCUT2D eigenvalue weighted by Gasteiger charge is -2.23. The summed E-state index contributed by atoms with van der Waals surface area (Å²) in [5, 5.41) is 0. The topological polar surface area (TPSA) is 61.8 Å². The van der Waals surface area contributed by atoms with Gasteiger partial charge < -0.3 is 14.2 Å². The fourth-order valence-electron chi connectivity index (χ4n) is 6.11. The molecule has 0 aliphatic heterocycles. The van der Waals surface area contributed by atoms with E-state index in [-0.39, 0.29) is 11.9 Å². The maximum Gasteiger partial charge on any atom is 0.364 e. The van der Waals surface area contributed by atoms with Crippen molar-refractivity contribution in [3.63, 3.8) is 0 Å². The molecule has 4 aliphatic carbocycles. The van der Waals surface area contributed by atoms with Crippen LogP contribution in [0.15, 0.2) is 0 Å².